The standard InChI is InChI=1S/C12H13ClN2S/c1-8-4-5-15-9(7-8)11(13)14-12(15)10-3-2-6-16-10/h2-3,6,8H,4-5,7H2,1H3. The predicted octanol–water partition coefficient (Wildman–Crippen LogP) is 3.85. The largest absolute Gasteiger partial charge is 0.326 e. The molecule has 1 aliphatic heterocycles. The Morgan fingerprint density at radius 3 is 3.19 bits per heavy atom. The third-order valence-corrected chi connectivity index (χ3v) is 4.32. The van der Waals surface area contributed by atoms with Gasteiger partial charge in [-0.25, -0.2) is 4.98 Å². The molecule has 1 atom stereocenters. The van der Waals surface area contributed by atoms with Crippen molar-refractivity contribution in [3.63, 3.8) is 0 Å². The number of halogens is 1. The van der Waals surface area contributed by atoms with Crippen LogP contribution in [0.5, 0.6) is 0 Å². The number of thiophene rings is 1. The lowest BCUT2D eigenvalue weighted by Gasteiger charge is -2.21. The number of imidazole rings is 1. The van der Waals surface area contributed by atoms with Crippen LogP contribution in [0.4, 0.5) is 0 Å². The number of rotatable bonds is 1. The third kappa shape index (κ3) is 1.59. The molecular weight excluding hydrogens is 240 g/mol. The molecule has 0 aromatic carbocycles. The van der Waals surface area contributed by atoms with E-state index in [4.69, 9.17) is 11.6 Å². The predicted molar refractivity (Wildman–Crippen MR) is 68.0 cm³/mol. The molecular formula is C12H13ClN2S. The lowest BCUT2D eigenvalue weighted by molar-refractivity contribution is 0.419. The zero-order chi connectivity index (χ0) is 11.1. The number of aromatic nitrogens is 2. The second kappa shape index (κ2) is 3.90. The highest BCUT2D eigenvalue weighted by Gasteiger charge is 2.23. The Balaban J connectivity index is 2.12. The van der Waals surface area contributed by atoms with Gasteiger partial charge in [-0.3, -0.25) is 0 Å². The first-order chi connectivity index (χ1) is 7.75. The summed E-state index contributed by atoms with van der Waals surface area (Å²) in [6, 6.07) is 4.16. The summed E-state index contributed by atoms with van der Waals surface area (Å²) >= 11 is 7.94. The Kier molecular flexibility index (Phi) is 2.52. The number of hydrogen-bond acceptors (Lipinski definition) is 2. The molecule has 2 nitrogen and oxygen atoms in total. The minimum atomic E-state index is 0.690. The fraction of sp³-hybridized carbons (Fsp3) is 0.417. The summed E-state index contributed by atoms with van der Waals surface area (Å²) in [5.41, 5.74) is 1.21. The van der Waals surface area contributed by atoms with Crippen LogP contribution in [-0.4, -0.2) is 9.55 Å². The van der Waals surface area contributed by atoms with Crippen molar-refractivity contribution in [3.05, 3.63) is 28.4 Å². The molecule has 1 aliphatic rings. The van der Waals surface area contributed by atoms with Crippen LogP contribution in [0.1, 0.15) is 19.0 Å². The van der Waals surface area contributed by atoms with Gasteiger partial charge in [0, 0.05) is 6.54 Å². The van der Waals surface area contributed by atoms with E-state index in [1.807, 2.05) is 0 Å². The van der Waals surface area contributed by atoms with Gasteiger partial charge in [0.2, 0.25) is 0 Å². The molecule has 0 N–H and O–H groups in total. The van der Waals surface area contributed by atoms with Gasteiger partial charge in [0.25, 0.3) is 0 Å². The molecule has 2 aromatic heterocycles. The maximum atomic E-state index is 6.22. The first-order valence-electron chi connectivity index (χ1n) is 5.54. The van der Waals surface area contributed by atoms with Crippen LogP contribution in [0.25, 0.3) is 10.7 Å². The lowest BCUT2D eigenvalue weighted by atomic mass is 9.98. The summed E-state index contributed by atoms with van der Waals surface area (Å²) in [6.45, 7) is 3.32. The van der Waals surface area contributed by atoms with Crippen molar-refractivity contribution in [2.75, 3.05) is 0 Å². The Morgan fingerprint density at radius 1 is 1.56 bits per heavy atom. The van der Waals surface area contributed by atoms with Gasteiger partial charge < -0.3 is 4.57 Å². The molecule has 84 valence electrons. The number of nitrogens with zero attached hydrogens (tertiary/aromatic N) is 2. The minimum absolute atomic E-state index is 0.690. The van der Waals surface area contributed by atoms with Crippen LogP contribution in [0.2, 0.25) is 5.15 Å². The second-order valence-electron chi connectivity index (χ2n) is 4.40. The molecule has 2 aromatic rings. The molecule has 0 aliphatic carbocycles. The highest BCUT2D eigenvalue weighted by atomic mass is 35.5. The van der Waals surface area contributed by atoms with Crippen LogP contribution in [-0.2, 0) is 13.0 Å². The van der Waals surface area contributed by atoms with Gasteiger partial charge in [0.1, 0.15) is 0 Å². The average molecular weight is 253 g/mol. The van der Waals surface area contributed by atoms with Crippen molar-refractivity contribution in [2.45, 2.75) is 26.3 Å². The van der Waals surface area contributed by atoms with Crippen LogP contribution in [0.15, 0.2) is 17.5 Å². The van der Waals surface area contributed by atoms with Gasteiger partial charge in [-0.2, -0.15) is 0 Å². The Labute approximate surface area is 104 Å². The average Bonchev–Trinajstić information content (AvgIpc) is 2.87. The van der Waals surface area contributed by atoms with Crippen LogP contribution in [0, 0.1) is 5.92 Å². The van der Waals surface area contributed by atoms with Crippen LogP contribution in [0.3, 0.4) is 0 Å². The molecule has 4 heteroatoms. The summed E-state index contributed by atoms with van der Waals surface area (Å²) in [7, 11) is 0. The molecule has 0 fully saturated rings. The lowest BCUT2D eigenvalue weighted by Crippen LogP contribution is -2.17. The molecule has 1 unspecified atom stereocenters. The second-order valence-corrected chi connectivity index (χ2v) is 5.71. The number of hydrogen-bond donors (Lipinski definition) is 0. The third-order valence-electron chi connectivity index (χ3n) is 3.15. The monoisotopic (exact) mass is 252 g/mol. The van der Waals surface area contributed by atoms with E-state index in [1.165, 1.54) is 17.0 Å². The molecule has 0 bridgehead atoms. The Hall–Kier alpha value is -0.800. The highest BCUT2D eigenvalue weighted by Crippen LogP contribution is 2.33. The van der Waals surface area contributed by atoms with Crippen molar-refractivity contribution < 1.29 is 0 Å². The molecule has 16 heavy (non-hydrogen) atoms. The molecule has 3 heterocycles. The summed E-state index contributed by atoms with van der Waals surface area (Å²) in [6.07, 6.45) is 2.27. The fourth-order valence-electron chi connectivity index (χ4n) is 2.27. The maximum absolute atomic E-state index is 6.22. The Morgan fingerprint density at radius 2 is 2.44 bits per heavy atom. The summed E-state index contributed by atoms with van der Waals surface area (Å²) < 4.78 is 2.29. The molecule has 0 spiro atoms. The van der Waals surface area contributed by atoms with Gasteiger partial charge in [-0.05, 0) is 30.2 Å². The quantitative estimate of drug-likeness (QED) is 0.754. The fourth-order valence-corrected chi connectivity index (χ4v) is 3.25. The van der Waals surface area contributed by atoms with Crippen LogP contribution >= 0.6 is 22.9 Å². The zero-order valence-electron chi connectivity index (χ0n) is 9.11. The SMILES string of the molecule is CC1CCn2c(-c3cccs3)nc(Cl)c2C1. The van der Waals surface area contributed by atoms with E-state index in [0.717, 1.165) is 24.7 Å². The normalized spacial score (nSPS) is 19.8. The van der Waals surface area contributed by atoms with E-state index in [2.05, 4.69) is 34.0 Å². The Bertz CT molecular complexity index is 501. The van der Waals surface area contributed by atoms with Crippen LogP contribution < -0.4 is 0 Å². The van der Waals surface area contributed by atoms with Crippen molar-refractivity contribution in [1.29, 1.82) is 0 Å². The summed E-state index contributed by atoms with van der Waals surface area (Å²) in [4.78, 5) is 5.72. The molecule has 0 amide bonds. The van der Waals surface area contributed by atoms with Gasteiger partial charge in [0.15, 0.2) is 11.0 Å². The van der Waals surface area contributed by atoms with E-state index < -0.39 is 0 Å². The van der Waals surface area contributed by atoms with E-state index in [9.17, 15) is 0 Å². The first kappa shape index (κ1) is 10.4. The van der Waals surface area contributed by atoms with Crippen molar-refractivity contribution >= 4 is 22.9 Å². The highest BCUT2D eigenvalue weighted by molar-refractivity contribution is 7.13. The van der Waals surface area contributed by atoms with E-state index in [-0.39, 0.29) is 0 Å². The first-order valence-corrected chi connectivity index (χ1v) is 6.80. The maximum Gasteiger partial charge on any atom is 0.152 e. The minimum Gasteiger partial charge on any atom is -0.326 e. The summed E-state index contributed by atoms with van der Waals surface area (Å²) in [5.74, 6) is 1.76. The zero-order valence-corrected chi connectivity index (χ0v) is 10.7. The topological polar surface area (TPSA) is 17.8 Å². The molecule has 0 radical (unpaired) electrons. The van der Waals surface area contributed by atoms with E-state index in [0.29, 0.717) is 5.15 Å². The smallest absolute Gasteiger partial charge is 0.152 e. The van der Waals surface area contributed by atoms with Crippen molar-refractivity contribution in [3.8, 4) is 10.7 Å². The summed E-state index contributed by atoms with van der Waals surface area (Å²) in [5, 5.41) is 2.77. The molecule has 0 saturated carbocycles. The van der Waals surface area contributed by atoms with Crippen molar-refractivity contribution in [2.24, 2.45) is 5.92 Å². The van der Waals surface area contributed by atoms with Gasteiger partial charge in [-0.15, -0.1) is 11.3 Å². The van der Waals surface area contributed by atoms with Crippen molar-refractivity contribution in [1.82, 2.24) is 9.55 Å². The molecule has 0 saturated heterocycles. The van der Waals surface area contributed by atoms with E-state index >= 15 is 0 Å². The van der Waals surface area contributed by atoms with Gasteiger partial charge in [0.05, 0.1) is 10.6 Å². The van der Waals surface area contributed by atoms with Gasteiger partial charge >= 0.3 is 0 Å². The number of fused-ring (bicyclic) bond motifs is 1. The molecule has 3 rings (SSSR count). The van der Waals surface area contributed by atoms with E-state index in [1.54, 1.807) is 11.3 Å². The van der Waals surface area contributed by atoms with Gasteiger partial charge in [-0.1, -0.05) is 24.6 Å².